The highest BCUT2D eigenvalue weighted by molar-refractivity contribution is 9.10. The molecule has 94 valence electrons. The lowest BCUT2D eigenvalue weighted by Gasteiger charge is -2.13. The molecule has 1 unspecified atom stereocenters. The maximum absolute atomic E-state index is 6.09. The Balaban J connectivity index is 1.82. The van der Waals surface area contributed by atoms with Gasteiger partial charge in [0.2, 0.25) is 0 Å². The molecule has 0 radical (unpaired) electrons. The van der Waals surface area contributed by atoms with Crippen LogP contribution in [0.1, 0.15) is 12.8 Å². The lowest BCUT2D eigenvalue weighted by molar-refractivity contribution is 0.621. The Morgan fingerprint density at radius 3 is 3.06 bits per heavy atom. The molecule has 0 aromatic carbocycles. The van der Waals surface area contributed by atoms with Crippen molar-refractivity contribution in [3.63, 3.8) is 0 Å². The van der Waals surface area contributed by atoms with Crippen LogP contribution < -0.4 is 11.1 Å². The van der Waals surface area contributed by atoms with Crippen LogP contribution in [0.3, 0.4) is 0 Å². The molecule has 1 saturated carbocycles. The van der Waals surface area contributed by atoms with Crippen LogP contribution in [0.5, 0.6) is 0 Å². The molecule has 0 amide bonds. The molecule has 3 N–H and O–H groups in total. The van der Waals surface area contributed by atoms with Crippen molar-refractivity contribution in [2.75, 3.05) is 11.9 Å². The summed E-state index contributed by atoms with van der Waals surface area (Å²) in [7, 11) is 0. The van der Waals surface area contributed by atoms with Crippen molar-refractivity contribution in [3.05, 3.63) is 29.0 Å². The molecule has 0 saturated heterocycles. The van der Waals surface area contributed by atoms with Crippen molar-refractivity contribution in [3.8, 4) is 0 Å². The van der Waals surface area contributed by atoms with Gasteiger partial charge in [0, 0.05) is 29.5 Å². The Hall–Kier alpha value is -1.20. The summed E-state index contributed by atoms with van der Waals surface area (Å²) in [6, 6.07) is 4.15. The van der Waals surface area contributed by atoms with E-state index in [0.717, 1.165) is 27.7 Å². The van der Waals surface area contributed by atoms with Crippen molar-refractivity contribution in [1.82, 2.24) is 9.97 Å². The number of hydrogen-bond donors (Lipinski definition) is 2. The molecule has 1 aliphatic carbocycles. The Bertz CT molecular complexity index is 568. The molecule has 1 aliphatic rings. The minimum atomic E-state index is 0.240. The molecule has 0 aliphatic heterocycles. The minimum Gasteiger partial charge on any atom is -0.382 e. The highest BCUT2D eigenvalue weighted by Crippen LogP contribution is 2.31. The van der Waals surface area contributed by atoms with Crippen molar-refractivity contribution >= 4 is 32.7 Å². The summed E-state index contributed by atoms with van der Waals surface area (Å²) < 4.78 is 0.939. The lowest BCUT2D eigenvalue weighted by atomic mass is 10.2. The van der Waals surface area contributed by atoms with Gasteiger partial charge >= 0.3 is 0 Å². The van der Waals surface area contributed by atoms with Crippen LogP contribution in [-0.4, -0.2) is 22.6 Å². The third-order valence-corrected chi connectivity index (χ3v) is 3.73. The van der Waals surface area contributed by atoms with Crippen LogP contribution in [0.4, 0.5) is 5.69 Å². The van der Waals surface area contributed by atoms with Crippen molar-refractivity contribution in [2.24, 2.45) is 11.7 Å². The number of pyridine rings is 2. The molecule has 2 heterocycles. The number of anilines is 1. The van der Waals surface area contributed by atoms with E-state index in [1.54, 1.807) is 12.4 Å². The maximum atomic E-state index is 6.09. The van der Waals surface area contributed by atoms with Gasteiger partial charge in [-0.1, -0.05) is 0 Å². The standard InChI is InChI=1S/C13H15BrN4/c14-9-5-12-13(18-6-9)11(3-4-16-12)17-7-10(15)8-1-2-8/h3-6,8,10H,1-2,7,15H2,(H,16,17). The number of halogens is 1. The predicted octanol–water partition coefficient (Wildman–Crippen LogP) is 2.54. The monoisotopic (exact) mass is 306 g/mol. The molecule has 18 heavy (non-hydrogen) atoms. The predicted molar refractivity (Wildman–Crippen MR) is 76.4 cm³/mol. The zero-order valence-electron chi connectivity index (χ0n) is 9.94. The van der Waals surface area contributed by atoms with Gasteiger partial charge in [-0.15, -0.1) is 0 Å². The Labute approximate surface area is 114 Å². The third-order valence-electron chi connectivity index (χ3n) is 3.30. The molecular weight excluding hydrogens is 292 g/mol. The molecule has 1 atom stereocenters. The molecular formula is C13H15BrN4. The minimum absolute atomic E-state index is 0.240. The van der Waals surface area contributed by atoms with Crippen molar-refractivity contribution in [2.45, 2.75) is 18.9 Å². The molecule has 0 spiro atoms. The highest BCUT2D eigenvalue weighted by Gasteiger charge is 2.28. The van der Waals surface area contributed by atoms with Crippen molar-refractivity contribution in [1.29, 1.82) is 0 Å². The van der Waals surface area contributed by atoms with Crippen LogP contribution in [0.2, 0.25) is 0 Å². The Morgan fingerprint density at radius 1 is 1.44 bits per heavy atom. The third kappa shape index (κ3) is 2.47. The van der Waals surface area contributed by atoms with E-state index < -0.39 is 0 Å². The highest BCUT2D eigenvalue weighted by atomic mass is 79.9. The fraction of sp³-hybridized carbons (Fsp3) is 0.385. The molecule has 4 nitrogen and oxygen atoms in total. The second-order valence-electron chi connectivity index (χ2n) is 4.76. The molecule has 5 heteroatoms. The van der Waals surface area contributed by atoms with Crippen molar-refractivity contribution < 1.29 is 0 Å². The largest absolute Gasteiger partial charge is 0.382 e. The lowest BCUT2D eigenvalue weighted by Crippen LogP contribution is -2.31. The van der Waals surface area contributed by atoms with E-state index in [-0.39, 0.29) is 6.04 Å². The summed E-state index contributed by atoms with van der Waals surface area (Å²) in [5.41, 5.74) is 8.87. The van der Waals surface area contributed by atoms with Gasteiger partial charge in [0.05, 0.1) is 11.2 Å². The average Bonchev–Trinajstić information content (AvgIpc) is 3.19. The Morgan fingerprint density at radius 2 is 2.28 bits per heavy atom. The first-order valence-electron chi connectivity index (χ1n) is 6.14. The van der Waals surface area contributed by atoms with Gasteiger partial charge in [0.15, 0.2) is 0 Å². The fourth-order valence-electron chi connectivity index (χ4n) is 2.07. The van der Waals surface area contributed by atoms with E-state index in [4.69, 9.17) is 5.73 Å². The number of nitrogens with one attached hydrogen (secondary N) is 1. The van der Waals surface area contributed by atoms with Crippen LogP contribution in [0, 0.1) is 5.92 Å². The van der Waals surface area contributed by atoms with E-state index in [1.165, 1.54) is 12.8 Å². The number of rotatable bonds is 4. The molecule has 2 aromatic rings. The van der Waals surface area contributed by atoms with Gasteiger partial charge in [-0.05, 0) is 46.8 Å². The van der Waals surface area contributed by atoms with Crippen LogP contribution in [0.15, 0.2) is 29.0 Å². The normalized spacial score (nSPS) is 16.8. The number of nitrogens with zero attached hydrogens (tertiary/aromatic N) is 2. The summed E-state index contributed by atoms with van der Waals surface area (Å²) in [6.07, 6.45) is 6.12. The quantitative estimate of drug-likeness (QED) is 0.911. The van der Waals surface area contributed by atoms with E-state index >= 15 is 0 Å². The topological polar surface area (TPSA) is 63.8 Å². The van der Waals surface area contributed by atoms with E-state index in [2.05, 4.69) is 31.2 Å². The first kappa shape index (κ1) is 11.9. The van der Waals surface area contributed by atoms with E-state index in [1.807, 2.05) is 12.1 Å². The first-order chi connectivity index (χ1) is 8.74. The zero-order valence-corrected chi connectivity index (χ0v) is 11.5. The second-order valence-corrected chi connectivity index (χ2v) is 5.68. The fourth-order valence-corrected chi connectivity index (χ4v) is 2.39. The van der Waals surface area contributed by atoms with Gasteiger partial charge in [0.25, 0.3) is 0 Å². The Kier molecular flexibility index (Phi) is 3.18. The van der Waals surface area contributed by atoms with Crippen LogP contribution in [-0.2, 0) is 0 Å². The molecule has 0 bridgehead atoms. The number of aromatic nitrogens is 2. The number of hydrogen-bond acceptors (Lipinski definition) is 4. The first-order valence-corrected chi connectivity index (χ1v) is 6.93. The number of fused-ring (bicyclic) bond motifs is 1. The smallest absolute Gasteiger partial charge is 0.112 e. The van der Waals surface area contributed by atoms with Crippen LogP contribution >= 0.6 is 15.9 Å². The summed E-state index contributed by atoms with van der Waals surface area (Å²) in [4.78, 5) is 8.72. The summed E-state index contributed by atoms with van der Waals surface area (Å²) in [5, 5.41) is 3.39. The maximum Gasteiger partial charge on any atom is 0.112 e. The van der Waals surface area contributed by atoms with Gasteiger partial charge < -0.3 is 11.1 Å². The molecule has 2 aromatic heterocycles. The second kappa shape index (κ2) is 4.82. The van der Waals surface area contributed by atoms with Crippen LogP contribution in [0.25, 0.3) is 11.0 Å². The zero-order chi connectivity index (χ0) is 12.5. The average molecular weight is 307 g/mol. The van der Waals surface area contributed by atoms with Gasteiger partial charge in [-0.2, -0.15) is 0 Å². The molecule has 3 rings (SSSR count). The summed E-state index contributed by atoms with van der Waals surface area (Å²) in [5.74, 6) is 0.702. The SMILES string of the molecule is NC(CNc1ccnc2cc(Br)cnc12)C1CC1. The number of nitrogens with two attached hydrogens (primary N) is 1. The van der Waals surface area contributed by atoms with Gasteiger partial charge in [-0.3, -0.25) is 9.97 Å². The van der Waals surface area contributed by atoms with E-state index in [9.17, 15) is 0 Å². The van der Waals surface area contributed by atoms with Gasteiger partial charge in [0.1, 0.15) is 5.52 Å². The summed E-state index contributed by atoms with van der Waals surface area (Å²) >= 11 is 3.40. The molecule has 1 fully saturated rings. The van der Waals surface area contributed by atoms with Gasteiger partial charge in [-0.25, -0.2) is 0 Å². The van der Waals surface area contributed by atoms with E-state index in [0.29, 0.717) is 5.92 Å². The summed E-state index contributed by atoms with van der Waals surface area (Å²) in [6.45, 7) is 0.793.